The average molecular weight is 252 g/mol. The summed E-state index contributed by atoms with van der Waals surface area (Å²) in [5.74, 6) is 6.10. The zero-order valence-electron chi connectivity index (χ0n) is 10.4. The van der Waals surface area contributed by atoms with Crippen molar-refractivity contribution in [3.05, 3.63) is 23.9 Å². The van der Waals surface area contributed by atoms with Crippen LogP contribution < -0.4 is 11.3 Å². The van der Waals surface area contributed by atoms with Crippen molar-refractivity contribution in [2.24, 2.45) is 5.84 Å². The number of rotatable bonds is 3. The fourth-order valence-electron chi connectivity index (χ4n) is 2.32. The fraction of sp³-hybridized carbons (Fsp3) is 0.583. The predicted molar refractivity (Wildman–Crippen MR) is 73.8 cm³/mol. The van der Waals surface area contributed by atoms with Gasteiger partial charge in [0.05, 0.1) is 0 Å². The Balaban J connectivity index is 1.99. The Morgan fingerprint density at radius 2 is 2.18 bits per heavy atom. The molecule has 4 nitrogen and oxygen atoms in total. The third kappa shape index (κ3) is 3.59. The number of hydrazine groups is 1. The van der Waals surface area contributed by atoms with Crippen molar-refractivity contribution >= 4 is 17.6 Å². The Labute approximate surface area is 107 Å². The third-order valence-electron chi connectivity index (χ3n) is 2.87. The van der Waals surface area contributed by atoms with Gasteiger partial charge in [0.25, 0.3) is 0 Å². The molecule has 0 bridgehead atoms. The van der Waals surface area contributed by atoms with E-state index < -0.39 is 0 Å². The first kappa shape index (κ1) is 12.7. The zero-order chi connectivity index (χ0) is 12.3. The van der Waals surface area contributed by atoms with E-state index >= 15 is 0 Å². The van der Waals surface area contributed by atoms with Crippen molar-refractivity contribution in [2.45, 2.75) is 30.9 Å². The van der Waals surface area contributed by atoms with Crippen molar-refractivity contribution in [3.8, 4) is 0 Å². The minimum Gasteiger partial charge on any atom is -0.308 e. The Morgan fingerprint density at radius 3 is 2.82 bits per heavy atom. The van der Waals surface area contributed by atoms with Gasteiger partial charge in [0.1, 0.15) is 5.82 Å². The van der Waals surface area contributed by atoms with Crippen LogP contribution in [0.3, 0.4) is 0 Å². The largest absolute Gasteiger partial charge is 0.308 e. The molecule has 17 heavy (non-hydrogen) atoms. The number of hydrogen-bond acceptors (Lipinski definition) is 5. The molecule has 0 saturated carbocycles. The van der Waals surface area contributed by atoms with Crippen LogP contribution in [0.1, 0.15) is 19.4 Å². The van der Waals surface area contributed by atoms with Crippen molar-refractivity contribution < 1.29 is 0 Å². The predicted octanol–water partition coefficient (Wildman–Crippen LogP) is 1.69. The lowest BCUT2D eigenvalue weighted by molar-refractivity contribution is 0.263. The summed E-state index contributed by atoms with van der Waals surface area (Å²) in [5, 5.41) is 1.43. The second-order valence-corrected chi connectivity index (χ2v) is 6.53. The lowest BCUT2D eigenvalue weighted by Gasteiger charge is -2.34. The fourth-order valence-corrected chi connectivity index (χ4v) is 3.71. The quantitative estimate of drug-likeness (QED) is 0.633. The number of hydrogen-bond donors (Lipinski definition) is 2. The van der Waals surface area contributed by atoms with Gasteiger partial charge in [0, 0.05) is 36.3 Å². The van der Waals surface area contributed by atoms with Crippen LogP contribution in [-0.4, -0.2) is 33.5 Å². The van der Waals surface area contributed by atoms with Crippen molar-refractivity contribution in [1.82, 2.24) is 9.88 Å². The zero-order valence-corrected chi connectivity index (χ0v) is 11.2. The molecule has 1 aliphatic rings. The van der Waals surface area contributed by atoms with Crippen molar-refractivity contribution in [2.75, 3.05) is 18.5 Å². The van der Waals surface area contributed by atoms with Gasteiger partial charge in [-0.2, -0.15) is 11.8 Å². The molecule has 0 aromatic carbocycles. The average Bonchev–Trinajstić information content (AvgIpc) is 2.28. The Kier molecular flexibility index (Phi) is 4.25. The molecule has 1 aromatic rings. The topological polar surface area (TPSA) is 54.2 Å². The molecule has 1 fully saturated rings. The van der Waals surface area contributed by atoms with E-state index in [4.69, 9.17) is 5.84 Å². The van der Waals surface area contributed by atoms with Crippen LogP contribution in [0.25, 0.3) is 0 Å². The van der Waals surface area contributed by atoms with E-state index in [1.54, 1.807) is 6.20 Å². The molecule has 2 rings (SSSR count). The van der Waals surface area contributed by atoms with Gasteiger partial charge >= 0.3 is 0 Å². The van der Waals surface area contributed by atoms with E-state index in [1.807, 2.05) is 6.07 Å². The SMILES string of the molecule is CC1CN(Cc2ccnc(NN)c2)CC(C)S1. The van der Waals surface area contributed by atoms with Gasteiger partial charge in [0.2, 0.25) is 0 Å². The smallest absolute Gasteiger partial charge is 0.140 e. The summed E-state index contributed by atoms with van der Waals surface area (Å²) in [6.45, 7) is 7.89. The van der Waals surface area contributed by atoms with Crippen LogP contribution >= 0.6 is 11.8 Å². The summed E-state index contributed by atoms with van der Waals surface area (Å²) in [6.07, 6.45) is 1.80. The summed E-state index contributed by atoms with van der Waals surface area (Å²) >= 11 is 2.08. The van der Waals surface area contributed by atoms with Crippen molar-refractivity contribution in [3.63, 3.8) is 0 Å². The molecule has 2 heterocycles. The van der Waals surface area contributed by atoms with Gasteiger partial charge in [-0.15, -0.1) is 0 Å². The number of nitrogens with one attached hydrogen (secondary N) is 1. The number of nitrogens with zero attached hydrogens (tertiary/aromatic N) is 2. The van der Waals surface area contributed by atoms with E-state index in [-0.39, 0.29) is 0 Å². The van der Waals surface area contributed by atoms with E-state index in [9.17, 15) is 0 Å². The second kappa shape index (κ2) is 5.71. The monoisotopic (exact) mass is 252 g/mol. The lowest BCUT2D eigenvalue weighted by Crippen LogP contribution is -2.39. The van der Waals surface area contributed by atoms with E-state index in [2.05, 4.69) is 47.0 Å². The Hall–Kier alpha value is -0.780. The number of thioether (sulfide) groups is 1. The molecule has 0 radical (unpaired) electrons. The summed E-state index contributed by atoms with van der Waals surface area (Å²) in [5.41, 5.74) is 3.85. The molecule has 2 atom stereocenters. The van der Waals surface area contributed by atoms with Gasteiger partial charge in [-0.3, -0.25) is 4.90 Å². The summed E-state index contributed by atoms with van der Waals surface area (Å²) < 4.78 is 0. The lowest BCUT2D eigenvalue weighted by atomic mass is 10.2. The van der Waals surface area contributed by atoms with Crippen LogP contribution in [0.4, 0.5) is 5.82 Å². The summed E-state index contributed by atoms with van der Waals surface area (Å²) in [4.78, 5) is 6.62. The van der Waals surface area contributed by atoms with Crippen LogP contribution in [0.2, 0.25) is 0 Å². The van der Waals surface area contributed by atoms with E-state index in [0.29, 0.717) is 10.5 Å². The van der Waals surface area contributed by atoms with Gasteiger partial charge in [0.15, 0.2) is 0 Å². The van der Waals surface area contributed by atoms with Crippen molar-refractivity contribution in [1.29, 1.82) is 0 Å². The van der Waals surface area contributed by atoms with Gasteiger partial charge in [-0.25, -0.2) is 10.8 Å². The number of pyridine rings is 1. The minimum atomic E-state index is 0.715. The molecule has 1 aliphatic heterocycles. The molecule has 94 valence electrons. The standard InChI is InChI=1S/C12H20N4S/c1-9-6-16(7-10(2)17-9)8-11-3-4-14-12(5-11)15-13/h3-5,9-10H,6-8,13H2,1-2H3,(H,14,15). The first-order valence-corrected chi connectivity index (χ1v) is 6.91. The molecular formula is C12H20N4S. The van der Waals surface area contributed by atoms with Gasteiger partial charge in [-0.05, 0) is 17.7 Å². The van der Waals surface area contributed by atoms with E-state index in [1.165, 1.54) is 5.56 Å². The summed E-state index contributed by atoms with van der Waals surface area (Å²) in [7, 11) is 0. The molecule has 1 aromatic heterocycles. The highest BCUT2D eigenvalue weighted by Gasteiger charge is 2.22. The molecule has 0 aliphatic carbocycles. The molecule has 5 heteroatoms. The number of aromatic nitrogens is 1. The highest BCUT2D eigenvalue weighted by molar-refractivity contribution is 8.00. The summed E-state index contributed by atoms with van der Waals surface area (Å²) in [6, 6.07) is 4.06. The number of anilines is 1. The molecule has 3 N–H and O–H groups in total. The number of nitrogen functional groups attached to an aromatic ring is 1. The van der Waals surface area contributed by atoms with Crippen LogP contribution in [0.15, 0.2) is 18.3 Å². The first-order valence-electron chi connectivity index (χ1n) is 5.96. The highest BCUT2D eigenvalue weighted by Crippen LogP contribution is 2.25. The van der Waals surface area contributed by atoms with Crippen LogP contribution in [0.5, 0.6) is 0 Å². The minimum absolute atomic E-state index is 0.715. The number of nitrogens with two attached hydrogens (primary N) is 1. The molecule has 1 saturated heterocycles. The maximum Gasteiger partial charge on any atom is 0.140 e. The molecule has 0 amide bonds. The van der Waals surface area contributed by atoms with Gasteiger partial charge in [-0.1, -0.05) is 13.8 Å². The van der Waals surface area contributed by atoms with Gasteiger partial charge < -0.3 is 5.43 Å². The van der Waals surface area contributed by atoms with Crippen LogP contribution in [-0.2, 0) is 6.54 Å². The second-order valence-electron chi connectivity index (χ2n) is 4.65. The molecule has 0 spiro atoms. The molecule has 2 unspecified atom stereocenters. The maximum atomic E-state index is 5.37. The third-order valence-corrected chi connectivity index (χ3v) is 4.10. The first-order chi connectivity index (χ1) is 8.17. The Morgan fingerprint density at radius 1 is 1.47 bits per heavy atom. The molecular weight excluding hydrogens is 232 g/mol. The van der Waals surface area contributed by atoms with Crippen LogP contribution in [0, 0.1) is 0 Å². The van der Waals surface area contributed by atoms with E-state index in [0.717, 1.165) is 25.5 Å². The normalized spacial score (nSPS) is 25.8. The maximum absolute atomic E-state index is 5.37. The highest BCUT2D eigenvalue weighted by atomic mass is 32.2. The Bertz CT molecular complexity index is 361.